The van der Waals surface area contributed by atoms with Gasteiger partial charge in [-0.15, -0.1) is 13.2 Å². The second kappa shape index (κ2) is 21.3. The van der Waals surface area contributed by atoms with E-state index in [0.29, 0.717) is 12.8 Å². The summed E-state index contributed by atoms with van der Waals surface area (Å²) in [6.07, 6.45) is 16.9. The minimum absolute atomic E-state index is 0.0879. The van der Waals surface area contributed by atoms with Crippen molar-refractivity contribution in [1.82, 2.24) is 20.4 Å². The van der Waals surface area contributed by atoms with Crippen molar-refractivity contribution in [3.8, 4) is 0 Å². The van der Waals surface area contributed by atoms with Gasteiger partial charge in [0.15, 0.2) is 0 Å². The van der Waals surface area contributed by atoms with Gasteiger partial charge in [-0.25, -0.2) is 9.59 Å². The van der Waals surface area contributed by atoms with E-state index in [1.165, 1.54) is 9.80 Å². The summed E-state index contributed by atoms with van der Waals surface area (Å²) in [7, 11) is 0. The fourth-order valence-corrected chi connectivity index (χ4v) is 8.57. The Bertz CT molecular complexity index is 1530. The van der Waals surface area contributed by atoms with Gasteiger partial charge >= 0.3 is 11.9 Å². The number of nitrogens with zero attached hydrogens (tertiary/aromatic N) is 2. The number of esters is 2. The van der Waals surface area contributed by atoms with Crippen molar-refractivity contribution in [2.24, 2.45) is 23.7 Å². The maximum absolute atomic E-state index is 13.0. The Balaban J connectivity index is 0.000000257. The van der Waals surface area contributed by atoms with Crippen LogP contribution in [0, 0.1) is 23.7 Å². The zero-order valence-corrected chi connectivity index (χ0v) is 35.1. The van der Waals surface area contributed by atoms with Crippen molar-refractivity contribution in [2.45, 2.75) is 153 Å². The molecule has 0 aromatic rings. The van der Waals surface area contributed by atoms with Crippen LogP contribution < -0.4 is 10.6 Å². The Labute approximate surface area is 344 Å². The summed E-state index contributed by atoms with van der Waals surface area (Å²) in [6, 6.07) is -1.53. The lowest BCUT2D eigenvalue weighted by molar-refractivity contribution is -0.150. The van der Waals surface area contributed by atoms with E-state index in [2.05, 4.69) is 29.9 Å². The largest absolute Gasteiger partial charge is 0.464 e. The molecule has 2 aliphatic carbocycles. The number of β-amino-alcohol motifs (C(OH)–C–C–N with tert-alkyl or cyclic N) is 1. The summed E-state index contributed by atoms with van der Waals surface area (Å²) in [5, 5.41) is 25.9. The van der Waals surface area contributed by atoms with Gasteiger partial charge in [0.25, 0.3) is 0 Å². The highest BCUT2D eigenvalue weighted by Gasteiger charge is 2.63. The number of hydrogen-bond donors (Lipinski definition) is 4. The number of likely N-dealkylation sites (tertiary alicyclic amines) is 1. The number of rotatable bonds is 14. The van der Waals surface area contributed by atoms with E-state index >= 15 is 0 Å². The summed E-state index contributed by atoms with van der Waals surface area (Å²) in [6.45, 7) is 15.4. The summed E-state index contributed by atoms with van der Waals surface area (Å²) in [5.74, 6) is -2.62. The van der Waals surface area contributed by atoms with Crippen molar-refractivity contribution in [2.75, 3.05) is 26.3 Å². The van der Waals surface area contributed by atoms with Crippen LogP contribution >= 0.6 is 0 Å². The molecule has 10 atom stereocenters. The fraction of sp³-hybridized carbons (Fsp3) is 0.727. The Morgan fingerprint density at radius 1 is 0.983 bits per heavy atom. The average molecular weight is 813 g/mol. The molecule has 0 aromatic heterocycles. The molecule has 2 saturated heterocycles. The molecular weight excluding hydrogens is 745 g/mol. The molecule has 0 radical (unpaired) electrons. The molecular formula is C44H68N4O10. The van der Waals surface area contributed by atoms with E-state index in [0.717, 1.165) is 64.2 Å². The Hall–Kier alpha value is -4.04. The van der Waals surface area contributed by atoms with Crippen LogP contribution in [0.1, 0.15) is 118 Å². The van der Waals surface area contributed by atoms with E-state index < -0.39 is 53.2 Å². The molecule has 3 aliphatic heterocycles. The smallest absolute Gasteiger partial charge is 0.332 e. The van der Waals surface area contributed by atoms with Crippen LogP contribution in [-0.2, 0) is 38.2 Å². The van der Waals surface area contributed by atoms with Crippen LogP contribution in [0.5, 0.6) is 0 Å². The molecule has 14 nitrogen and oxygen atoms in total. The minimum atomic E-state index is -1.10. The number of carbonyl (C=O) groups excluding carboxylic acids is 6. The van der Waals surface area contributed by atoms with Gasteiger partial charge in [-0.2, -0.15) is 0 Å². The van der Waals surface area contributed by atoms with Crippen molar-refractivity contribution < 1.29 is 48.5 Å². The molecule has 2 saturated carbocycles. The van der Waals surface area contributed by atoms with Crippen molar-refractivity contribution >= 4 is 35.6 Å². The molecule has 4 fully saturated rings. The lowest BCUT2D eigenvalue weighted by Crippen LogP contribution is -2.54. The first-order valence-corrected chi connectivity index (χ1v) is 21.5. The molecule has 324 valence electrons. The highest BCUT2D eigenvalue weighted by molar-refractivity contribution is 5.96. The number of fused-ring (bicyclic) bond motifs is 2. The van der Waals surface area contributed by atoms with Gasteiger partial charge in [0.2, 0.25) is 23.6 Å². The second-order valence-corrected chi connectivity index (χ2v) is 16.8. The van der Waals surface area contributed by atoms with Gasteiger partial charge in [0.05, 0.1) is 25.4 Å². The lowest BCUT2D eigenvalue weighted by Gasteiger charge is -2.28. The topological polar surface area (TPSA) is 192 Å². The number of ether oxygens (including phenoxy) is 2. The maximum atomic E-state index is 13.0. The van der Waals surface area contributed by atoms with Crippen LogP contribution in [0.25, 0.3) is 0 Å². The predicted molar refractivity (Wildman–Crippen MR) is 218 cm³/mol. The monoisotopic (exact) mass is 812 g/mol. The van der Waals surface area contributed by atoms with Crippen LogP contribution in [-0.4, -0.2) is 117 Å². The van der Waals surface area contributed by atoms with E-state index in [1.807, 2.05) is 26.0 Å². The molecule has 5 rings (SSSR count). The minimum Gasteiger partial charge on any atom is -0.464 e. The normalized spacial score (nSPS) is 33.0. The number of nitrogens with one attached hydrogen (secondary N) is 2. The van der Waals surface area contributed by atoms with Gasteiger partial charge in [-0.1, -0.05) is 63.8 Å². The number of aliphatic hydroxyl groups excluding tert-OH is 2. The van der Waals surface area contributed by atoms with Gasteiger partial charge in [-0.05, 0) is 65.2 Å². The van der Waals surface area contributed by atoms with E-state index in [-0.39, 0.29) is 80.5 Å². The standard InChI is InChI=1S/C23H36N2O5.C21H32N2O5/c1-5-8-9-10-11-12-16(4)21(28)25-15-18(26)13-19(25)20(27)24-23(14-17(23)6-2)22(29)30-7-3;1-3-28-20(27)21-12-15(21)10-8-6-4-5-7-9-14(2)19(26)23-13-16(24)11-17(23)18(25)22-21/h5-6,16-19,26H,1-2,7-15H2,3-4H3,(H,24,27);8,10,14-17,24H,3-7,9,11-13H2,1-2H3,(H,22,25)/b;10-8-/t16-,17+,18+,19-,23+;14-,15+,16+,17-,21+/m00/s1. The first kappa shape index (κ1) is 46.6. The second-order valence-electron chi connectivity index (χ2n) is 16.8. The third-order valence-electron chi connectivity index (χ3n) is 12.3. The van der Waals surface area contributed by atoms with Gasteiger partial charge in [0, 0.05) is 49.6 Å². The quantitative estimate of drug-likeness (QED) is 0.114. The van der Waals surface area contributed by atoms with Crippen molar-refractivity contribution in [1.29, 1.82) is 0 Å². The van der Waals surface area contributed by atoms with Gasteiger partial charge in [0.1, 0.15) is 23.2 Å². The molecule has 4 N–H and O–H groups in total. The highest BCUT2D eigenvalue weighted by atomic mass is 16.5. The number of allylic oxidation sites excluding steroid dienone is 2. The van der Waals surface area contributed by atoms with E-state index in [4.69, 9.17) is 9.47 Å². The third kappa shape index (κ3) is 11.4. The van der Waals surface area contributed by atoms with Gasteiger partial charge < -0.3 is 40.1 Å². The molecule has 14 heteroatoms. The number of amides is 4. The van der Waals surface area contributed by atoms with Gasteiger partial charge in [-0.3, -0.25) is 19.2 Å². The SMILES string of the molecule is C=CCCCCC[C@H](C)C(=O)N1C[C@H](O)C[C@H]1C(=O)N[C@]1(C(=O)OCC)C[C@H]1C=C.CCOC(=O)[C@@]12C[C@H]1/C=C\CCCCC[C@H](C)C(=O)N1C[C@H](O)C[C@H]1C(=O)N2. The number of unbranched alkanes of at least 4 members (excludes halogenated alkanes) is 3. The maximum Gasteiger partial charge on any atom is 0.332 e. The summed E-state index contributed by atoms with van der Waals surface area (Å²) >= 11 is 0. The molecule has 0 bridgehead atoms. The lowest BCUT2D eigenvalue weighted by atomic mass is 10.0. The molecule has 0 unspecified atom stereocenters. The molecule has 58 heavy (non-hydrogen) atoms. The van der Waals surface area contributed by atoms with Crippen LogP contribution in [0.3, 0.4) is 0 Å². The number of hydrogen-bond acceptors (Lipinski definition) is 10. The molecule has 5 aliphatic rings. The molecule has 3 heterocycles. The third-order valence-corrected chi connectivity index (χ3v) is 12.3. The van der Waals surface area contributed by atoms with Crippen molar-refractivity contribution in [3.05, 3.63) is 37.5 Å². The predicted octanol–water partition coefficient (Wildman–Crippen LogP) is 3.89. The van der Waals surface area contributed by atoms with Crippen LogP contribution in [0.4, 0.5) is 0 Å². The molecule has 4 amide bonds. The number of carbonyl (C=O) groups is 6. The zero-order chi connectivity index (χ0) is 42.6. The first-order chi connectivity index (χ1) is 27.7. The average Bonchev–Trinajstić information content (AvgIpc) is 3.98. The van der Waals surface area contributed by atoms with E-state index in [9.17, 15) is 39.0 Å². The zero-order valence-electron chi connectivity index (χ0n) is 35.1. The highest BCUT2D eigenvalue weighted by Crippen LogP contribution is 2.47. The fourth-order valence-electron chi connectivity index (χ4n) is 8.57. The van der Waals surface area contributed by atoms with Crippen molar-refractivity contribution in [3.63, 3.8) is 0 Å². The van der Waals surface area contributed by atoms with E-state index in [1.54, 1.807) is 19.9 Å². The molecule has 0 aromatic carbocycles. The Morgan fingerprint density at radius 2 is 1.69 bits per heavy atom. The first-order valence-electron chi connectivity index (χ1n) is 21.5. The summed E-state index contributed by atoms with van der Waals surface area (Å²) in [4.78, 5) is 79.9. The Kier molecular flexibility index (Phi) is 17.1. The Morgan fingerprint density at radius 3 is 2.36 bits per heavy atom. The summed E-state index contributed by atoms with van der Waals surface area (Å²) < 4.78 is 10.3. The number of aliphatic hydroxyl groups is 2. The van der Waals surface area contributed by atoms with Crippen LogP contribution in [0.2, 0.25) is 0 Å². The van der Waals surface area contributed by atoms with Crippen LogP contribution in [0.15, 0.2) is 37.5 Å². The molecule has 0 spiro atoms. The summed E-state index contributed by atoms with van der Waals surface area (Å²) in [5.41, 5.74) is -2.15.